The van der Waals surface area contributed by atoms with Crippen LogP contribution in [0.1, 0.15) is 21.5 Å². The van der Waals surface area contributed by atoms with Crippen molar-refractivity contribution in [1.82, 2.24) is 0 Å². The van der Waals surface area contributed by atoms with Crippen LogP contribution in [0.2, 0.25) is 0 Å². The predicted molar refractivity (Wildman–Crippen MR) is 80.0 cm³/mol. The monoisotopic (exact) mass is 253 g/mol. The van der Waals surface area contributed by atoms with Crippen molar-refractivity contribution in [2.75, 3.05) is 19.0 Å². The molecule has 0 fully saturated rings. The third kappa shape index (κ3) is 3.22. The van der Waals surface area contributed by atoms with Crippen LogP contribution in [-0.4, -0.2) is 19.9 Å². The molecule has 98 valence electrons. The van der Waals surface area contributed by atoms with Crippen LogP contribution in [0.5, 0.6) is 0 Å². The van der Waals surface area contributed by atoms with Gasteiger partial charge in [0.2, 0.25) is 0 Å². The Morgan fingerprint density at radius 2 is 1.74 bits per heavy atom. The molecule has 0 saturated carbocycles. The lowest BCUT2D eigenvalue weighted by Crippen LogP contribution is -2.11. The molecule has 0 N–H and O–H groups in total. The van der Waals surface area contributed by atoms with Crippen molar-refractivity contribution in [2.45, 2.75) is 13.3 Å². The number of hydrogen-bond acceptors (Lipinski definition) is 2. The summed E-state index contributed by atoms with van der Waals surface area (Å²) in [5.41, 5.74) is 4.22. The molecular formula is C17H19NO. The van der Waals surface area contributed by atoms with Crippen LogP contribution in [0, 0.1) is 6.92 Å². The van der Waals surface area contributed by atoms with E-state index < -0.39 is 0 Å². The van der Waals surface area contributed by atoms with Gasteiger partial charge in [0.15, 0.2) is 5.78 Å². The molecule has 0 atom stereocenters. The molecule has 2 aromatic rings. The number of hydrogen-bond donors (Lipinski definition) is 0. The molecule has 2 heteroatoms. The third-order valence-corrected chi connectivity index (χ3v) is 3.22. The summed E-state index contributed by atoms with van der Waals surface area (Å²) in [6, 6.07) is 15.6. The molecule has 0 aliphatic carbocycles. The van der Waals surface area contributed by atoms with Crippen molar-refractivity contribution in [1.29, 1.82) is 0 Å². The number of nitrogens with zero attached hydrogens (tertiary/aromatic N) is 1. The fourth-order valence-electron chi connectivity index (χ4n) is 2.16. The van der Waals surface area contributed by atoms with Gasteiger partial charge in [0.25, 0.3) is 0 Å². The van der Waals surface area contributed by atoms with E-state index in [9.17, 15) is 4.79 Å². The van der Waals surface area contributed by atoms with Gasteiger partial charge < -0.3 is 4.90 Å². The first kappa shape index (κ1) is 13.3. The molecule has 2 aromatic carbocycles. The summed E-state index contributed by atoms with van der Waals surface area (Å²) in [6.07, 6.45) is 0.450. The number of anilines is 1. The van der Waals surface area contributed by atoms with Gasteiger partial charge in [-0.1, -0.05) is 42.5 Å². The Morgan fingerprint density at radius 1 is 1.05 bits per heavy atom. The van der Waals surface area contributed by atoms with Crippen LogP contribution in [-0.2, 0) is 6.42 Å². The molecule has 0 aromatic heterocycles. The summed E-state index contributed by atoms with van der Waals surface area (Å²) in [5, 5.41) is 0. The first-order chi connectivity index (χ1) is 9.08. The first-order valence-corrected chi connectivity index (χ1v) is 6.43. The number of benzene rings is 2. The molecule has 2 nitrogen and oxygen atoms in total. The van der Waals surface area contributed by atoms with Gasteiger partial charge >= 0.3 is 0 Å². The number of ketones is 1. The molecule has 19 heavy (non-hydrogen) atoms. The van der Waals surface area contributed by atoms with Gasteiger partial charge in [0.1, 0.15) is 0 Å². The number of Topliss-reactive ketones (excluding diaryl/α,β-unsaturated/α-hetero) is 1. The minimum absolute atomic E-state index is 0.161. The Morgan fingerprint density at radius 3 is 2.37 bits per heavy atom. The maximum Gasteiger partial charge on any atom is 0.167 e. The Balaban J connectivity index is 2.20. The van der Waals surface area contributed by atoms with Gasteiger partial charge in [0.05, 0.1) is 0 Å². The van der Waals surface area contributed by atoms with E-state index in [1.54, 1.807) is 0 Å². The lowest BCUT2D eigenvalue weighted by atomic mass is 10.0. The highest BCUT2D eigenvalue weighted by Gasteiger charge is 2.08. The van der Waals surface area contributed by atoms with Crippen LogP contribution < -0.4 is 4.90 Å². The van der Waals surface area contributed by atoms with E-state index in [2.05, 4.69) is 24.0 Å². The van der Waals surface area contributed by atoms with Crippen LogP contribution in [0.3, 0.4) is 0 Å². The quantitative estimate of drug-likeness (QED) is 0.777. The van der Waals surface area contributed by atoms with E-state index in [0.717, 1.165) is 11.1 Å². The average molecular weight is 253 g/mol. The van der Waals surface area contributed by atoms with E-state index in [0.29, 0.717) is 6.42 Å². The summed E-state index contributed by atoms with van der Waals surface area (Å²) < 4.78 is 0. The fourth-order valence-corrected chi connectivity index (χ4v) is 2.16. The van der Waals surface area contributed by atoms with E-state index in [-0.39, 0.29) is 5.78 Å². The van der Waals surface area contributed by atoms with Crippen LogP contribution in [0.4, 0.5) is 5.69 Å². The summed E-state index contributed by atoms with van der Waals surface area (Å²) >= 11 is 0. The van der Waals surface area contributed by atoms with E-state index in [4.69, 9.17) is 0 Å². The van der Waals surface area contributed by atoms with Gasteiger partial charge in [-0.05, 0) is 24.1 Å². The van der Waals surface area contributed by atoms with Crippen LogP contribution in [0.25, 0.3) is 0 Å². The van der Waals surface area contributed by atoms with Crippen molar-refractivity contribution in [3.8, 4) is 0 Å². The van der Waals surface area contributed by atoms with E-state index in [1.807, 2.05) is 50.5 Å². The highest BCUT2D eigenvalue weighted by Crippen LogP contribution is 2.20. The van der Waals surface area contributed by atoms with E-state index in [1.165, 1.54) is 11.3 Å². The molecule has 2 rings (SSSR count). The molecule has 0 amide bonds. The van der Waals surface area contributed by atoms with Crippen molar-refractivity contribution >= 4 is 11.5 Å². The maximum absolute atomic E-state index is 12.2. The lowest BCUT2D eigenvalue weighted by molar-refractivity contribution is 0.0993. The largest absolute Gasteiger partial charge is 0.377 e. The minimum Gasteiger partial charge on any atom is -0.377 e. The summed E-state index contributed by atoms with van der Waals surface area (Å²) in [5.74, 6) is 0.161. The summed E-state index contributed by atoms with van der Waals surface area (Å²) in [7, 11) is 4.04. The van der Waals surface area contributed by atoms with Crippen molar-refractivity contribution < 1.29 is 4.79 Å². The fraction of sp³-hybridized carbons (Fsp3) is 0.235. The zero-order valence-electron chi connectivity index (χ0n) is 11.7. The highest BCUT2D eigenvalue weighted by atomic mass is 16.1. The molecule has 0 bridgehead atoms. The van der Waals surface area contributed by atoms with Gasteiger partial charge in [-0.25, -0.2) is 0 Å². The van der Waals surface area contributed by atoms with Crippen molar-refractivity contribution in [3.63, 3.8) is 0 Å². The number of carbonyl (C=O) groups is 1. The second-order valence-corrected chi connectivity index (χ2v) is 4.98. The highest BCUT2D eigenvalue weighted by molar-refractivity contribution is 5.97. The molecule has 0 radical (unpaired) electrons. The molecule has 0 saturated heterocycles. The normalized spacial score (nSPS) is 10.3. The van der Waals surface area contributed by atoms with Gasteiger partial charge in [-0.15, -0.1) is 0 Å². The number of carbonyl (C=O) groups excluding carboxylic acids is 1. The molecule has 0 heterocycles. The molecule has 0 spiro atoms. The van der Waals surface area contributed by atoms with E-state index >= 15 is 0 Å². The third-order valence-electron chi connectivity index (χ3n) is 3.22. The van der Waals surface area contributed by atoms with Gasteiger partial charge in [-0.2, -0.15) is 0 Å². The molecule has 0 aliphatic rings. The van der Waals surface area contributed by atoms with Crippen molar-refractivity contribution in [2.24, 2.45) is 0 Å². The summed E-state index contributed by atoms with van der Waals surface area (Å²) in [6.45, 7) is 2.08. The number of aryl methyl sites for hydroxylation is 1. The lowest BCUT2D eigenvalue weighted by Gasteiger charge is -2.16. The van der Waals surface area contributed by atoms with Gasteiger partial charge in [-0.3, -0.25) is 4.79 Å². The second kappa shape index (κ2) is 5.70. The second-order valence-electron chi connectivity index (χ2n) is 4.98. The Kier molecular flexibility index (Phi) is 4.00. The predicted octanol–water partition coefficient (Wildman–Crippen LogP) is 3.49. The maximum atomic E-state index is 12.2. The smallest absolute Gasteiger partial charge is 0.167 e. The zero-order valence-corrected chi connectivity index (χ0v) is 11.7. The van der Waals surface area contributed by atoms with Crippen LogP contribution in [0.15, 0.2) is 48.5 Å². The van der Waals surface area contributed by atoms with Crippen molar-refractivity contribution in [3.05, 3.63) is 65.2 Å². The SMILES string of the molecule is Cc1ccc(CC(=O)c2ccccc2)cc1N(C)C. The first-order valence-electron chi connectivity index (χ1n) is 6.43. The minimum atomic E-state index is 0.161. The Hall–Kier alpha value is -2.09. The summed E-state index contributed by atoms with van der Waals surface area (Å²) in [4.78, 5) is 14.2. The molecule has 0 unspecified atom stereocenters. The Labute approximate surface area is 114 Å². The van der Waals surface area contributed by atoms with Crippen LogP contribution >= 0.6 is 0 Å². The van der Waals surface area contributed by atoms with Gasteiger partial charge in [0, 0.05) is 31.8 Å². The Bertz CT molecular complexity index is 573. The standard InChI is InChI=1S/C17H19NO/c1-13-9-10-14(11-16(13)18(2)3)12-17(19)15-7-5-4-6-8-15/h4-11H,12H2,1-3H3. The molecule has 0 aliphatic heterocycles. The molecular weight excluding hydrogens is 234 g/mol. The topological polar surface area (TPSA) is 20.3 Å². The zero-order chi connectivity index (χ0) is 13.8. The average Bonchev–Trinajstić information content (AvgIpc) is 2.41. The number of rotatable bonds is 4.